The van der Waals surface area contributed by atoms with Crippen LogP contribution in [0.15, 0.2) is 72.0 Å². The highest BCUT2D eigenvalue weighted by Gasteiger charge is 2.59. The zero-order valence-corrected chi connectivity index (χ0v) is 16.7. The van der Waals surface area contributed by atoms with Gasteiger partial charge < -0.3 is 4.57 Å². The van der Waals surface area contributed by atoms with Gasteiger partial charge in [0, 0.05) is 29.2 Å². The summed E-state index contributed by atoms with van der Waals surface area (Å²) in [6, 6.07) is 14.3. The van der Waals surface area contributed by atoms with Crippen molar-refractivity contribution in [1.29, 1.82) is 0 Å². The number of para-hydroxylation sites is 1. The molecule has 1 saturated heterocycles. The maximum atomic E-state index is 13.2. The van der Waals surface area contributed by atoms with Gasteiger partial charge in [-0.25, -0.2) is 4.39 Å². The topological polar surface area (TPSA) is 54.7 Å². The normalized spacial score (nSPS) is 26.7. The molecular weight excluding hydrogens is 393 g/mol. The average Bonchev–Trinajstić information content (AvgIpc) is 3.53. The molecule has 2 amide bonds. The smallest absolute Gasteiger partial charge is 0.254 e. The molecule has 3 aliphatic rings. The number of benzene rings is 2. The second-order valence-corrected chi connectivity index (χ2v) is 8.59. The number of rotatable bonds is 4. The van der Waals surface area contributed by atoms with E-state index in [4.69, 9.17) is 0 Å². The van der Waals surface area contributed by atoms with Crippen LogP contribution in [-0.2, 0) is 16.1 Å². The number of carbonyl (C=O) groups is 2. The van der Waals surface area contributed by atoms with Crippen molar-refractivity contribution in [1.82, 2.24) is 9.58 Å². The maximum Gasteiger partial charge on any atom is 0.254 e. The van der Waals surface area contributed by atoms with E-state index >= 15 is 0 Å². The first-order chi connectivity index (χ1) is 15.1. The van der Waals surface area contributed by atoms with E-state index in [0.717, 1.165) is 33.5 Å². The number of carbonyl (C=O) groups excluding carboxylic acids is 2. The lowest BCUT2D eigenvalue weighted by atomic mass is 9.85. The van der Waals surface area contributed by atoms with E-state index in [9.17, 15) is 14.0 Å². The summed E-state index contributed by atoms with van der Waals surface area (Å²) in [6.07, 6.45) is 8.62. The van der Waals surface area contributed by atoms with Gasteiger partial charge >= 0.3 is 0 Å². The van der Waals surface area contributed by atoms with Gasteiger partial charge in [-0.2, -0.15) is 10.1 Å². The first kappa shape index (κ1) is 18.2. The van der Waals surface area contributed by atoms with Crippen molar-refractivity contribution >= 4 is 28.9 Å². The van der Waals surface area contributed by atoms with Crippen LogP contribution >= 0.6 is 0 Å². The molecule has 0 unspecified atom stereocenters. The Morgan fingerprint density at radius 1 is 0.968 bits per heavy atom. The Kier molecular flexibility index (Phi) is 3.96. The van der Waals surface area contributed by atoms with Crippen molar-refractivity contribution in [3.05, 3.63) is 83.8 Å². The number of halogens is 1. The summed E-state index contributed by atoms with van der Waals surface area (Å²) in [7, 11) is 0. The molecule has 3 aromatic rings. The fourth-order valence-electron chi connectivity index (χ4n) is 5.42. The first-order valence-corrected chi connectivity index (χ1v) is 10.5. The summed E-state index contributed by atoms with van der Waals surface area (Å²) in [5.41, 5.74) is 2.81. The molecule has 2 bridgehead atoms. The molecule has 1 saturated carbocycles. The van der Waals surface area contributed by atoms with Crippen LogP contribution in [0.2, 0.25) is 0 Å². The number of hydrogen-bond acceptors (Lipinski definition) is 3. The Bertz CT molecular complexity index is 1240. The number of amides is 2. The lowest BCUT2D eigenvalue weighted by Crippen LogP contribution is -2.28. The fourth-order valence-corrected chi connectivity index (χ4v) is 5.42. The van der Waals surface area contributed by atoms with E-state index in [1.165, 1.54) is 12.1 Å². The summed E-state index contributed by atoms with van der Waals surface area (Å²) in [5.74, 6) is -0.786. The third kappa shape index (κ3) is 2.78. The van der Waals surface area contributed by atoms with E-state index in [2.05, 4.69) is 21.8 Å². The van der Waals surface area contributed by atoms with Gasteiger partial charge in [-0.1, -0.05) is 42.5 Å². The summed E-state index contributed by atoms with van der Waals surface area (Å²) >= 11 is 0. The minimum atomic E-state index is -0.262. The highest BCUT2D eigenvalue weighted by Crippen LogP contribution is 2.52. The molecule has 1 aromatic heterocycles. The van der Waals surface area contributed by atoms with Crippen LogP contribution in [0.3, 0.4) is 0 Å². The summed E-state index contributed by atoms with van der Waals surface area (Å²) < 4.78 is 15.3. The van der Waals surface area contributed by atoms with Crippen LogP contribution in [0.25, 0.3) is 10.9 Å². The molecule has 0 radical (unpaired) electrons. The van der Waals surface area contributed by atoms with Crippen molar-refractivity contribution < 1.29 is 14.0 Å². The van der Waals surface area contributed by atoms with E-state index in [1.54, 1.807) is 18.3 Å². The van der Waals surface area contributed by atoms with E-state index in [1.807, 2.05) is 30.5 Å². The van der Waals surface area contributed by atoms with Gasteiger partial charge in [0.2, 0.25) is 0 Å². The molecule has 31 heavy (non-hydrogen) atoms. The van der Waals surface area contributed by atoms with Gasteiger partial charge in [-0.3, -0.25) is 9.59 Å². The number of hydrogen-bond donors (Lipinski definition) is 0. The standard InChI is InChI=1S/C25H20FN3O2/c26-19-9-5-15(6-10-19)13-28-14-18(20-3-1-2-4-21(20)28)12-27-29-24(30)22-16-7-8-17(11-16)23(22)25(29)31/h1-10,12,14,16-17,22-23H,11,13H2/b27-12-/t16-,17-,22+,23+/m0/s1. The van der Waals surface area contributed by atoms with Crippen molar-refractivity contribution in [2.45, 2.75) is 13.0 Å². The SMILES string of the molecule is O=C1[C@H]2[C@H](C(=O)N1/N=C\c1cn(Cc3ccc(F)cc3)c3ccccc13)[C@H]1C=C[C@H]2C1. The molecule has 4 atom stereocenters. The minimum Gasteiger partial charge on any atom is -0.342 e. The van der Waals surface area contributed by atoms with Crippen LogP contribution in [0.5, 0.6) is 0 Å². The number of fused-ring (bicyclic) bond motifs is 6. The van der Waals surface area contributed by atoms with Crippen LogP contribution < -0.4 is 0 Å². The maximum absolute atomic E-state index is 13.2. The molecule has 2 fully saturated rings. The highest BCUT2D eigenvalue weighted by molar-refractivity contribution is 6.07. The molecule has 6 rings (SSSR count). The second-order valence-electron chi connectivity index (χ2n) is 8.59. The summed E-state index contributed by atoms with van der Waals surface area (Å²) in [5, 5.41) is 6.39. The second kappa shape index (κ2) is 6.74. The molecule has 2 aliphatic carbocycles. The molecule has 154 valence electrons. The molecule has 5 nitrogen and oxygen atoms in total. The zero-order chi connectivity index (χ0) is 21.1. The average molecular weight is 413 g/mol. The van der Waals surface area contributed by atoms with Crippen molar-refractivity contribution in [2.24, 2.45) is 28.8 Å². The zero-order valence-electron chi connectivity index (χ0n) is 16.7. The van der Waals surface area contributed by atoms with Crippen LogP contribution in [-0.4, -0.2) is 27.6 Å². The Hall–Kier alpha value is -3.54. The predicted molar refractivity (Wildman–Crippen MR) is 115 cm³/mol. The molecule has 0 N–H and O–H groups in total. The monoisotopic (exact) mass is 413 g/mol. The predicted octanol–water partition coefficient (Wildman–Crippen LogP) is 3.97. The number of imide groups is 1. The third-order valence-corrected chi connectivity index (χ3v) is 6.84. The van der Waals surface area contributed by atoms with E-state index in [-0.39, 0.29) is 41.3 Å². The van der Waals surface area contributed by atoms with Crippen molar-refractivity contribution in [3.63, 3.8) is 0 Å². The van der Waals surface area contributed by atoms with Crippen LogP contribution in [0.1, 0.15) is 17.5 Å². The van der Waals surface area contributed by atoms with Crippen LogP contribution in [0, 0.1) is 29.5 Å². The number of aromatic nitrogens is 1. The molecule has 2 heterocycles. The lowest BCUT2D eigenvalue weighted by molar-refractivity contribution is -0.140. The minimum absolute atomic E-state index is 0.171. The lowest BCUT2D eigenvalue weighted by Gasteiger charge is -2.13. The quantitative estimate of drug-likeness (QED) is 0.369. The Morgan fingerprint density at radius 2 is 1.65 bits per heavy atom. The van der Waals surface area contributed by atoms with Gasteiger partial charge in [-0.05, 0) is 42.0 Å². The fraction of sp³-hybridized carbons (Fsp3) is 0.240. The Morgan fingerprint density at radius 3 is 2.35 bits per heavy atom. The molecule has 0 spiro atoms. The number of hydrazone groups is 1. The van der Waals surface area contributed by atoms with Crippen molar-refractivity contribution in [2.75, 3.05) is 0 Å². The summed E-state index contributed by atoms with van der Waals surface area (Å²) in [6.45, 7) is 0.579. The van der Waals surface area contributed by atoms with Crippen LogP contribution in [0.4, 0.5) is 4.39 Å². The number of allylic oxidation sites excluding steroid dienone is 2. The van der Waals surface area contributed by atoms with Gasteiger partial charge in [0.25, 0.3) is 11.8 Å². The molecule has 1 aliphatic heterocycles. The molecular formula is C25H20FN3O2. The van der Waals surface area contributed by atoms with Crippen molar-refractivity contribution in [3.8, 4) is 0 Å². The van der Waals surface area contributed by atoms with Gasteiger partial charge in [0.15, 0.2) is 0 Å². The Balaban J connectivity index is 1.31. The van der Waals surface area contributed by atoms with E-state index in [0.29, 0.717) is 6.54 Å². The number of nitrogens with zero attached hydrogens (tertiary/aromatic N) is 3. The van der Waals surface area contributed by atoms with Gasteiger partial charge in [0.05, 0.1) is 18.1 Å². The summed E-state index contributed by atoms with van der Waals surface area (Å²) in [4.78, 5) is 25.7. The highest BCUT2D eigenvalue weighted by atomic mass is 19.1. The van der Waals surface area contributed by atoms with Gasteiger partial charge in [-0.15, -0.1) is 0 Å². The molecule has 2 aromatic carbocycles. The Labute approximate surface area is 178 Å². The van der Waals surface area contributed by atoms with Gasteiger partial charge in [0.1, 0.15) is 5.82 Å². The first-order valence-electron chi connectivity index (χ1n) is 10.5. The largest absolute Gasteiger partial charge is 0.342 e. The molecule has 6 heteroatoms. The van der Waals surface area contributed by atoms with E-state index < -0.39 is 0 Å². The third-order valence-electron chi connectivity index (χ3n) is 6.84.